The molecule has 2 rings (SSSR count). The average Bonchev–Trinajstić information content (AvgIpc) is 2.89. The van der Waals surface area contributed by atoms with Crippen LogP contribution in [0.5, 0.6) is 0 Å². The molecule has 1 aromatic rings. The molecular formula is C17H21NO5. The average molecular weight is 319 g/mol. The van der Waals surface area contributed by atoms with Gasteiger partial charge < -0.3 is 9.47 Å². The number of rotatable bonds is 6. The summed E-state index contributed by atoms with van der Waals surface area (Å²) in [7, 11) is 0. The molecule has 0 bridgehead atoms. The second kappa shape index (κ2) is 7.76. The number of esters is 1. The minimum absolute atomic E-state index is 0.103. The Morgan fingerprint density at radius 1 is 1.26 bits per heavy atom. The van der Waals surface area contributed by atoms with Gasteiger partial charge in [0.2, 0.25) is 5.91 Å². The van der Waals surface area contributed by atoms with Gasteiger partial charge in [0.05, 0.1) is 6.10 Å². The van der Waals surface area contributed by atoms with E-state index in [0.717, 1.165) is 10.5 Å². The highest BCUT2D eigenvalue weighted by Gasteiger charge is 2.38. The molecule has 1 fully saturated rings. The van der Waals surface area contributed by atoms with Crippen LogP contribution in [-0.2, 0) is 19.1 Å². The van der Waals surface area contributed by atoms with Gasteiger partial charge in [-0.2, -0.15) is 0 Å². The maximum Gasteiger partial charge on any atom is 0.417 e. The number of nitrogens with zero attached hydrogens (tertiary/aromatic N) is 1. The first kappa shape index (κ1) is 17.0. The first-order valence-electron chi connectivity index (χ1n) is 7.72. The van der Waals surface area contributed by atoms with Gasteiger partial charge in [0.25, 0.3) is 0 Å². The van der Waals surface area contributed by atoms with E-state index in [0.29, 0.717) is 6.42 Å². The third-order valence-electron chi connectivity index (χ3n) is 3.46. The van der Waals surface area contributed by atoms with E-state index in [2.05, 4.69) is 0 Å². The summed E-state index contributed by atoms with van der Waals surface area (Å²) in [5, 5.41) is 0. The summed E-state index contributed by atoms with van der Waals surface area (Å²) in [6.45, 7) is 3.70. The Balaban J connectivity index is 1.92. The van der Waals surface area contributed by atoms with E-state index in [9.17, 15) is 14.4 Å². The lowest BCUT2D eigenvalue weighted by Gasteiger charge is -2.19. The van der Waals surface area contributed by atoms with Gasteiger partial charge in [0, 0.05) is 12.8 Å². The van der Waals surface area contributed by atoms with Gasteiger partial charge in [0.1, 0.15) is 12.6 Å². The molecule has 1 heterocycles. The van der Waals surface area contributed by atoms with E-state index in [-0.39, 0.29) is 37.4 Å². The lowest BCUT2D eigenvalue weighted by Crippen LogP contribution is -2.34. The fourth-order valence-corrected chi connectivity index (χ4v) is 2.44. The summed E-state index contributed by atoms with van der Waals surface area (Å²) >= 11 is 0. The molecule has 0 aliphatic carbocycles. The minimum atomic E-state index is -0.631. The van der Waals surface area contributed by atoms with E-state index in [1.165, 1.54) is 0 Å². The highest BCUT2D eigenvalue weighted by molar-refractivity contribution is 5.93. The van der Waals surface area contributed by atoms with Gasteiger partial charge in [0.15, 0.2) is 0 Å². The Kier molecular flexibility index (Phi) is 5.73. The largest absolute Gasteiger partial charge is 0.463 e. The van der Waals surface area contributed by atoms with Crippen LogP contribution in [0.1, 0.15) is 44.7 Å². The third-order valence-corrected chi connectivity index (χ3v) is 3.46. The fourth-order valence-electron chi connectivity index (χ4n) is 2.44. The summed E-state index contributed by atoms with van der Waals surface area (Å²) in [5.41, 5.74) is 0.853. The Hall–Kier alpha value is -2.37. The van der Waals surface area contributed by atoms with E-state index in [1.807, 2.05) is 30.3 Å². The number of amides is 2. The molecule has 0 radical (unpaired) electrons. The third kappa shape index (κ3) is 4.55. The van der Waals surface area contributed by atoms with Crippen molar-refractivity contribution in [1.29, 1.82) is 0 Å². The molecule has 0 aromatic heterocycles. The molecule has 6 nitrogen and oxygen atoms in total. The Labute approximate surface area is 135 Å². The van der Waals surface area contributed by atoms with Crippen molar-refractivity contribution in [2.45, 2.75) is 45.3 Å². The molecular weight excluding hydrogens is 298 g/mol. The zero-order chi connectivity index (χ0) is 16.8. The lowest BCUT2D eigenvalue weighted by atomic mass is 10.1. The van der Waals surface area contributed by atoms with Crippen molar-refractivity contribution >= 4 is 18.0 Å². The summed E-state index contributed by atoms with van der Waals surface area (Å²) in [6.07, 6.45) is -0.202. The number of carbonyl (C=O) groups excluding carboxylic acids is 3. The van der Waals surface area contributed by atoms with Crippen LogP contribution in [0.3, 0.4) is 0 Å². The van der Waals surface area contributed by atoms with Crippen LogP contribution in [0.25, 0.3) is 0 Å². The predicted octanol–water partition coefficient (Wildman–Crippen LogP) is 2.83. The maximum atomic E-state index is 12.3. The highest BCUT2D eigenvalue weighted by atomic mass is 16.6. The molecule has 0 unspecified atom stereocenters. The van der Waals surface area contributed by atoms with E-state index < -0.39 is 12.1 Å². The fraction of sp³-hybridized carbons (Fsp3) is 0.471. The molecule has 2 amide bonds. The van der Waals surface area contributed by atoms with Gasteiger partial charge >= 0.3 is 12.1 Å². The van der Waals surface area contributed by atoms with Crippen molar-refractivity contribution in [3.63, 3.8) is 0 Å². The zero-order valence-corrected chi connectivity index (χ0v) is 13.4. The molecule has 1 aliphatic heterocycles. The molecule has 0 spiro atoms. The van der Waals surface area contributed by atoms with Gasteiger partial charge in [-0.1, -0.05) is 30.3 Å². The zero-order valence-electron chi connectivity index (χ0n) is 13.4. The number of carbonyl (C=O) groups is 3. The summed E-state index contributed by atoms with van der Waals surface area (Å²) in [6, 6.07) is 8.87. The van der Waals surface area contributed by atoms with Crippen molar-refractivity contribution < 1.29 is 23.9 Å². The second-order valence-corrected chi connectivity index (χ2v) is 5.66. The standard InChI is InChI=1S/C17H21NO5/c1-12(2)23-16(20)10-6-9-15(19)18-14(11-22-17(18)21)13-7-4-3-5-8-13/h3-5,7-8,12,14H,6,9-11H2,1-2H3/t14-/m1/s1. The molecule has 1 saturated heterocycles. The number of hydrogen-bond acceptors (Lipinski definition) is 5. The van der Waals surface area contributed by atoms with Crippen LogP contribution in [0.15, 0.2) is 30.3 Å². The van der Waals surface area contributed by atoms with Crippen LogP contribution in [0, 0.1) is 0 Å². The monoisotopic (exact) mass is 319 g/mol. The first-order valence-corrected chi connectivity index (χ1v) is 7.72. The molecule has 1 aliphatic rings. The molecule has 1 atom stereocenters. The number of ether oxygens (including phenoxy) is 2. The number of imide groups is 1. The topological polar surface area (TPSA) is 72.9 Å². The van der Waals surface area contributed by atoms with Crippen LogP contribution < -0.4 is 0 Å². The molecule has 0 N–H and O–H groups in total. The Morgan fingerprint density at radius 3 is 2.61 bits per heavy atom. The maximum absolute atomic E-state index is 12.3. The molecule has 23 heavy (non-hydrogen) atoms. The highest BCUT2D eigenvalue weighted by Crippen LogP contribution is 2.28. The molecule has 124 valence electrons. The van der Waals surface area contributed by atoms with Crippen LogP contribution in [0.2, 0.25) is 0 Å². The van der Waals surface area contributed by atoms with Crippen molar-refractivity contribution in [2.24, 2.45) is 0 Å². The lowest BCUT2D eigenvalue weighted by molar-refractivity contribution is -0.147. The molecule has 0 saturated carbocycles. The minimum Gasteiger partial charge on any atom is -0.463 e. The van der Waals surface area contributed by atoms with E-state index in [1.54, 1.807) is 13.8 Å². The quantitative estimate of drug-likeness (QED) is 0.754. The Morgan fingerprint density at radius 2 is 1.96 bits per heavy atom. The molecule has 1 aromatic carbocycles. The van der Waals surface area contributed by atoms with Crippen molar-refractivity contribution in [3.05, 3.63) is 35.9 Å². The predicted molar refractivity (Wildman–Crippen MR) is 82.5 cm³/mol. The van der Waals surface area contributed by atoms with Gasteiger partial charge in [-0.05, 0) is 25.8 Å². The van der Waals surface area contributed by atoms with Crippen molar-refractivity contribution in [1.82, 2.24) is 4.90 Å². The summed E-state index contributed by atoms with van der Waals surface area (Å²) in [5.74, 6) is -0.671. The summed E-state index contributed by atoms with van der Waals surface area (Å²) < 4.78 is 10.0. The van der Waals surface area contributed by atoms with Gasteiger partial charge in [-0.25, -0.2) is 9.69 Å². The Bertz CT molecular complexity index is 570. The smallest absolute Gasteiger partial charge is 0.417 e. The molecule has 6 heteroatoms. The number of hydrogen-bond donors (Lipinski definition) is 0. The SMILES string of the molecule is CC(C)OC(=O)CCCC(=O)N1C(=O)OC[C@@H]1c1ccccc1. The van der Waals surface area contributed by atoms with Crippen LogP contribution in [0.4, 0.5) is 4.79 Å². The normalized spacial score (nSPS) is 17.3. The number of benzene rings is 1. The van der Waals surface area contributed by atoms with E-state index in [4.69, 9.17) is 9.47 Å². The van der Waals surface area contributed by atoms with Gasteiger partial charge in [-0.15, -0.1) is 0 Å². The second-order valence-electron chi connectivity index (χ2n) is 5.66. The van der Waals surface area contributed by atoms with Crippen LogP contribution >= 0.6 is 0 Å². The van der Waals surface area contributed by atoms with Crippen LogP contribution in [-0.4, -0.2) is 35.6 Å². The van der Waals surface area contributed by atoms with E-state index >= 15 is 0 Å². The number of cyclic esters (lactones) is 1. The summed E-state index contributed by atoms with van der Waals surface area (Å²) in [4.78, 5) is 36.8. The van der Waals surface area contributed by atoms with Crippen molar-refractivity contribution in [2.75, 3.05) is 6.61 Å². The van der Waals surface area contributed by atoms with Gasteiger partial charge in [-0.3, -0.25) is 9.59 Å². The van der Waals surface area contributed by atoms with Crippen molar-refractivity contribution in [3.8, 4) is 0 Å². The first-order chi connectivity index (χ1) is 11.0.